The number of halogens is 1. The molecule has 19 heavy (non-hydrogen) atoms. The SMILES string of the molecule is Cc1cnc2c(c1)nc(C(C)Cl)n2Cc1ccno1. The van der Waals surface area contributed by atoms with Crippen LogP contribution in [0.5, 0.6) is 0 Å². The Balaban J connectivity index is 2.16. The Kier molecular flexibility index (Phi) is 2.98. The van der Waals surface area contributed by atoms with Gasteiger partial charge in [-0.3, -0.25) is 0 Å². The van der Waals surface area contributed by atoms with Gasteiger partial charge in [-0.2, -0.15) is 0 Å². The zero-order valence-corrected chi connectivity index (χ0v) is 11.4. The number of alkyl halides is 1. The molecule has 0 saturated heterocycles. The fourth-order valence-corrected chi connectivity index (χ4v) is 2.23. The van der Waals surface area contributed by atoms with Crippen molar-refractivity contribution in [2.75, 3.05) is 0 Å². The Morgan fingerprint density at radius 1 is 1.47 bits per heavy atom. The minimum Gasteiger partial charge on any atom is -0.359 e. The van der Waals surface area contributed by atoms with Crippen LogP contribution in [0.3, 0.4) is 0 Å². The molecule has 6 heteroatoms. The monoisotopic (exact) mass is 276 g/mol. The van der Waals surface area contributed by atoms with Crippen molar-refractivity contribution in [3.05, 3.63) is 41.7 Å². The van der Waals surface area contributed by atoms with Gasteiger partial charge in [0.1, 0.15) is 11.3 Å². The highest BCUT2D eigenvalue weighted by molar-refractivity contribution is 6.20. The van der Waals surface area contributed by atoms with Crippen molar-refractivity contribution in [2.24, 2.45) is 0 Å². The van der Waals surface area contributed by atoms with Crippen molar-refractivity contribution in [3.63, 3.8) is 0 Å². The quantitative estimate of drug-likeness (QED) is 0.690. The topological polar surface area (TPSA) is 56.7 Å². The number of rotatable bonds is 3. The molecule has 1 unspecified atom stereocenters. The zero-order valence-electron chi connectivity index (χ0n) is 10.7. The summed E-state index contributed by atoms with van der Waals surface area (Å²) in [7, 11) is 0. The first kappa shape index (κ1) is 12.2. The highest BCUT2D eigenvalue weighted by Crippen LogP contribution is 2.24. The minimum atomic E-state index is -0.197. The van der Waals surface area contributed by atoms with E-state index in [2.05, 4.69) is 15.1 Å². The van der Waals surface area contributed by atoms with E-state index in [1.165, 1.54) is 0 Å². The number of hydrogen-bond donors (Lipinski definition) is 0. The van der Waals surface area contributed by atoms with Crippen LogP contribution in [-0.2, 0) is 6.54 Å². The van der Waals surface area contributed by atoms with E-state index < -0.39 is 0 Å². The summed E-state index contributed by atoms with van der Waals surface area (Å²) in [4.78, 5) is 9.00. The molecule has 3 aromatic rings. The van der Waals surface area contributed by atoms with Crippen molar-refractivity contribution in [1.82, 2.24) is 19.7 Å². The normalized spacial score (nSPS) is 13.0. The van der Waals surface area contributed by atoms with Crippen LogP contribution in [0.2, 0.25) is 0 Å². The van der Waals surface area contributed by atoms with Crippen LogP contribution in [0.4, 0.5) is 0 Å². The maximum Gasteiger partial charge on any atom is 0.160 e. The standard InChI is InChI=1S/C13H13ClN4O/c1-8-5-11-13(15-6-8)18(12(17-11)9(2)14)7-10-3-4-16-19-10/h3-6,9H,7H2,1-2H3. The van der Waals surface area contributed by atoms with Crippen LogP contribution in [0.25, 0.3) is 11.2 Å². The molecule has 0 saturated carbocycles. The van der Waals surface area contributed by atoms with Crippen molar-refractivity contribution in [1.29, 1.82) is 0 Å². The Morgan fingerprint density at radius 2 is 2.32 bits per heavy atom. The Morgan fingerprint density at radius 3 is 3.00 bits per heavy atom. The zero-order chi connectivity index (χ0) is 13.4. The van der Waals surface area contributed by atoms with Gasteiger partial charge in [0.25, 0.3) is 0 Å². The molecule has 1 atom stereocenters. The molecule has 3 heterocycles. The van der Waals surface area contributed by atoms with Gasteiger partial charge in [0.2, 0.25) is 0 Å². The van der Waals surface area contributed by atoms with E-state index in [1.807, 2.05) is 36.7 Å². The van der Waals surface area contributed by atoms with Crippen LogP contribution in [0.15, 0.2) is 29.0 Å². The van der Waals surface area contributed by atoms with Crippen molar-refractivity contribution < 1.29 is 4.52 Å². The Hall–Kier alpha value is -1.88. The lowest BCUT2D eigenvalue weighted by atomic mass is 10.3. The summed E-state index contributed by atoms with van der Waals surface area (Å²) in [5.41, 5.74) is 2.73. The van der Waals surface area contributed by atoms with E-state index in [9.17, 15) is 0 Å². The average Bonchev–Trinajstić information content (AvgIpc) is 2.97. The summed E-state index contributed by atoms with van der Waals surface area (Å²) in [6.45, 7) is 4.41. The summed E-state index contributed by atoms with van der Waals surface area (Å²) in [6.07, 6.45) is 3.44. The summed E-state index contributed by atoms with van der Waals surface area (Å²) in [5, 5.41) is 3.51. The first-order chi connectivity index (χ1) is 9.15. The first-order valence-corrected chi connectivity index (χ1v) is 6.45. The van der Waals surface area contributed by atoms with E-state index in [-0.39, 0.29) is 5.38 Å². The Bertz CT molecular complexity index is 703. The van der Waals surface area contributed by atoms with Gasteiger partial charge in [-0.15, -0.1) is 11.6 Å². The van der Waals surface area contributed by atoms with E-state index in [4.69, 9.17) is 16.1 Å². The van der Waals surface area contributed by atoms with E-state index >= 15 is 0 Å². The Labute approximate surface area is 115 Å². The molecule has 0 aliphatic rings. The smallest absolute Gasteiger partial charge is 0.160 e. The molecule has 98 valence electrons. The molecule has 0 radical (unpaired) electrons. The molecule has 0 N–H and O–H groups in total. The van der Waals surface area contributed by atoms with Gasteiger partial charge in [-0.25, -0.2) is 9.97 Å². The van der Waals surface area contributed by atoms with Gasteiger partial charge in [0.15, 0.2) is 11.4 Å². The lowest BCUT2D eigenvalue weighted by Crippen LogP contribution is -2.06. The van der Waals surface area contributed by atoms with Crippen LogP contribution in [-0.4, -0.2) is 19.7 Å². The first-order valence-electron chi connectivity index (χ1n) is 6.01. The van der Waals surface area contributed by atoms with Crippen molar-refractivity contribution >= 4 is 22.8 Å². The van der Waals surface area contributed by atoms with Crippen molar-refractivity contribution in [3.8, 4) is 0 Å². The summed E-state index contributed by atoms with van der Waals surface area (Å²) in [5.74, 6) is 1.53. The second-order valence-corrected chi connectivity index (χ2v) is 5.16. The van der Waals surface area contributed by atoms with Crippen LogP contribution in [0, 0.1) is 6.92 Å². The molecule has 5 nitrogen and oxygen atoms in total. The molecule has 0 bridgehead atoms. The number of aryl methyl sites for hydroxylation is 1. The highest BCUT2D eigenvalue weighted by Gasteiger charge is 2.17. The predicted molar refractivity (Wildman–Crippen MR) is 72.1 cm³/mol. The molecular weight excluding hydrogens is 264 g/mol. The van der Waals surface area contributed by atoms with Gasteiger partial charge in [0.05, 0.1) is 18.1 Å². The number of hydrogen-bond acceptors (Lipinski definition) is 4. The third kappa shape index (κ3) is 2.21. The lowest BCUT2D eigenvalue weighted by Gasteiger charge is -2.07. The largest absolute Gasteiger partial charge is 0.359 e. The van der Waals surface area contributed by atoms with E-state index in [0.717, 1.165) is 28.3 Å². The maximum absolute atomic E-state index is 6.20. The maximum atomic E-state index is 6.20. The fourth-order valence-electron chi connectivity index (χ4n) is 2.07. The fraction of sp³-hybridized carbons (Fsp3) is 0.308. The molecule has 0 amide bonds. The molecule has 0 fully saturated rings. The van der Waals surface area contributed by atoms with Gasteiger partial charge in [-0.05, 0) is 25.5 Å². The van der Waals surface area contributed by atoms with Gasteiger partial charge in [-0.1, -0.05) is 5.16 Å². The van der Waals surface area contributed by atoms with Crippen LogP contribution >= 0.6 is 11.6 Å². The van der Waals surface area contributed by atoms with E-state index in [1.54, 1.807) is 6.20 Å². The molecule has 0 aromatic carbocycles. The number of nitrogens with zero attached hydrogens (tertiary/aromatic N) is 4. The molecule has 0 aliphatic carbocycles. The van der Waals surface area contributed by atoms with Crippen LogP contribution < -0.4 is 0 Å². The summed E-state index contributed by atoms with van der Waals surface area (Å²) in [6, 6.07) is 3.82. The summed E-state index contributed by atoms with van der Waals surface area (Å²) >= 11 is 6.20. The average molecular weight is 277 g/mol. The number of fused-ring (bicyclic) bond motifs is 1. The predicted octanol–water partition coefficient (Wildman–Crippen LogP) is 3.08. The summed E-state index contributed by atoms with van der Waals surface area (Å²) < 4.78 is 7.11. The lowest BCUT2D eigenvalue weighted by molar-refractivity contribution is 0.376. The molecule has 0 aliphatic heterocycles. The molecule has 3 aromatic heterocycles. The third-order valence-corrected chi connectivity index (χ3v) is 3.11. The van der Waals surface area contributed by atoms with Gasteiger partial charge >= 0.3 is 0 Å². The second kappa shape index (κ2) is 4.66. The third-order valence-electron chi connectivity index (χ3n) is 2.91. The number of pyridine rings is 1. The van der Waals surface area contributed by atoms with Crippen LogP contribution in [0.1, 0.15) is 29.4 Å². The van der Waals surface area contributed by atoms with E-state index in [0.29, 0.717) is 6.54 Å². The molecular formula is C13H13ClN4O. The second-order valence-electron chi connectivity index (χ2n) is 4.51. The van der Waals surface area contributed by atoms with Gasteiger partial charge in [0, 0.05) is 12.3 Å². The highest BCUT2D eigenvalue weighted by atomic mass is 35.5. The molecule has 3 rings (SSSR count). The minimum absolute atomic E-state index is 0.197. The molecule has 0 spiro atoms. The van der Waals surface area contributed by atoms with Crippen molar-refractivity contribution in [2.45, 2.75) is 25.8 Å². The van der Waals surface area contributed by atoms with Gasteiger partial charge < -0.3 is 9.09 Å². The number of aromatic nitrogens is 4. The number of imidazole rings is 1.